The maximum atomic E-state index is 11.4. The molecule has 1 aromatic heterocycles. The number of hydrogen-bond donors (Lipinski definition) is 2. The van der Waals surface area contributed by atoms with E-state index in [1.807, 2.05) is 29.5 Å². The van der Waals surface area contributed by atoms with Crippen LogP contribution in [-0.2, 0) is 16.6 Å². The summed E-state index contributed by atoms with van der Waals surface area (Å²) >= 11 is 1.64. The summed E-state index contributed by atoms with van der Waals surface area (Å²) in [6.07, 6.45) is 0. The van der Waals surface area contributed by atoms with E-state index in [1.165, 1.54) is 17.0 Å². The molecule has 102 valence electrons. The Morgan fingerprint density at radius 3 is 2.63 bits per heavy atom. The SMILES string of the molecule is CN(Cc1cccs1)c1cc(S(N)(=O)=O)ccc1N. The molecule has 0 fully saturated rings. The van der Waals surface area contributed by atoms with Gasteiger partial charge in [0.1, 0.15) is 0 Å². The molecule has 0 spiro atoms. The molecule has 0 saturated heterocycles. The number of anilines is 2. The molecular formula is C12H15N3O2S2. The molecule has 4 N–H and O–H groups in total. The van der Waals surface area contributed by atoms with Crippen molar-refractivity contribution in [1.82, 2.24) is 0 Å². The fourth-order valence-corrected chi connectivity index (χ4v) is 3.04. The number of sulfonamides is 1. The highest BCUT2D eigenvalue weighted by Crippen LogP contribution is 2.27. The van der Waals surface area contributed by atoms with E-state index in [0.29, 0.717) is 17.9 Å². The first-order valence-electron chi connectivity index (χ1n) is 5.54. The largest absolute Gasteiger partial charge is 0.397 e. The van der Waals surface area contributed by atoms with E-state index in [9.17, 15) is 8.42 Å². The normalized spacial score (nSPS) is 11.5. The minimum atomic E-state index is -3.72. The van der Waals surface area contributed by atoms with Crippen LogP contribution in [0.1, 0.15) is 4.88 Å². The first-order valence-corrected chi connectivity index (χ1v) is 7.96. The van der Waals surface area contributed by atoms with Crippen LogP contribution in [0.15, 0.2) is 40.6 Å². The van der Waals surface area contributed by atoms with E-state index >= 15 is 0 Å². The lowest BCUT2D eigenvalue weighted by molar-refractivity contribution is 0.598. The van der Waals surface area contributed by atoms with Crippen LogP contribution in [0.3, 0.4) is 0 Å². The smallest absolute Gasteiger partial charge is 0.238 e. The van der Waals surface area contributed by atoms with Crippen LogP contribution in [0.25, 0.3) is 0 Å². The average Bonchev–Trinajstić information content (AvgIpc) is 2.80. The second kappa shape index (κ2) is 5.20. The van der Waals surface area contributed by atoms with Gasteiger partial charge < -0.3 is 10.6 Å². The molecule has 19 heavy (non-hydrogen) atoms. The molecule has 0 unspecified atom stereocenters. The summed E-state index contributed by atoms with van der Waals surface area (Å²) in [6.45, 7) is 0.663. The Balaban J connectivity index is 2.33. The molecule has 0 aliphatic rings. The molecule has 0 aliphatic heterocycles. The van der Waals surface area contributed by atoms with Gasteiger partial charge in [-0.15, -0.1) is 11.3 Å². The Morgan fingerprint density at radius 2 is 2.05 bits per heavy atom. The number of nitrogens with two attached hydrogens (primary N) is 2. The zero-order valence-electron chi connectivity index (χ0n) is 10.4. The third kappa shape index (κ3) is 3.25. The maximum Gasteiger partial charge on any atom is 0.238 e. The summed E-state index contributed by atoms with van der Waals surface area (Å²) in [5.41, 5.74) is 7.06. The second-order valence-electron chi connectivity index (χ2n) is 4.20. The van der Waals surface area contributed by atoms with E-state index in [-0.39, 0.29) is 4.90 Å². The molecule has 1 heterocycles. The van der Waals surface area contributed by atoms with E-state index in [2.05, 4.69) is 0 Å². The summed E-state index contributed by atoms with van der Waals surface area (Å²) in [4.78, 5) is 3.13. The van der Waals surface area contributed by atoms with Gasteiger partial charge in [0.2, 0.25) is 10.0 Å². The Bertz CT molecular complexity index is 666. The van der Waals surface area contributed by atoms with Crippen molar-refractivity contribution in [2.24, 2.45) is 5.14 Å². The first kappa shape index (κ1) is 13.9. The number of nitrogens with zero attached hydrogens (tertiary/aromatic N) is 1. The van der Waals surface area contributed by atoms with E-state index in [1.54, 1.807) is 17.4 Å². The predicted molar refractivity (Wildman–Crippen MR) is 78.7 cm³/mol. The fourth-order valence-electron chi connectivity index (χ4n) is 1.75. The standard InChI is InChI=1S/C12H15N3O2S2/c1-15(8-9-3-2-6-18-9)12-7-10(19(14,16)17)4-5-11(12)13/h2-7H,8,13H2,1H3,(H2,14,16,17). The molecule has 1 aromatic carbocycles. The molecule has 7 heteroatoms. The molecule has 2 aromatic rings. The van der Waals surface area contributed by atoms with Crippen molar-refractivity contribution in [2.45, 2.75) is 11.4 Å². The minimum Gasteiger partial charge on any atom is -0.397 e. The van der Waals surface area contributed by atoms with Gasteiger partial charge in [-0.1, -0.05) is 6.07 Å². The lowest BCUT2D eigenvalue weighted by Gasteiger charge is -2.21. The number of hydrogen-bond acceptors (Lipinski definition) is 5. The van der Waals surface area contributed by atoms with Gasteiger partial charge in [-0.2, -0.15) is 0 Å². The molecule has 0 saturated carbocycles. The Kier molecular flexibility index (Phi) is 3.79. The van der Waals surface area contributed by atoms with Gasteiger partial charge in [0.25, 0.3) is 0 Å². The molecule has 0 amide bonds. The summed E-state index contributed by atoms with van der Waals surface area (Å²) in [6, 6.07) is 8.45. The highest BCUT2D eigenvalue weighted by molar-refractivity contribution is 7.89. The van der Waals surface area contributed by atoms with Gasteiger partial charge in [-0.25, -0.2) is 13.6 Å². The summed E-state index contributed by atoms with van der Waals surface area (Å²) in [5, 5.41) is 7.12. The fraction of sp³-hybridized carbons (Fsp3) is 0.167. The van der Waals surface area contributed by atoms with Gasteiger partial charge in [-0.3, -0.25) is 0 Å². The highest BCUT2D eigenvalue weighted by atomic mass is 32.2. The molecule has 5 nitrogen and oxygen atoms in total. The van der Waals surface area contributed by atoms with Crippen LogP contribution in [0.2, 0.25) is 0 Å². The van der Waals surface area contributed by atoms with Crippen LogP contribution in [0.5, 0.6) is 0 Å². The number of benzene rings is 1. The predicted octanol–water partition coefficient (Wildman–Crippen LogP) is 1.61. The topological polar surface area (TPSA) is 89.4 Å². The average molecular weight is 297 g/mol. The van der Waals surface area contributed by atoms with Crippen molar-refractivity contribution >= 4 is 32.7 Å². The third-order valence-corrected chi connectivity index (χ3v) is 4.49. The van der Waals surface area contributed by atoms with Crippen molar-refractivity contribution in [3.05, 3.63) is 40.6 Å². The van der Waals surface area contributed by atoms with Crippen molar-refractivity contribution in [1.29, 1.82) is 0 Å². The zero-order valence-corrected chi connectivity index (χ0v) is 12.0. The van der Waals surface area contributed by atoms with E-state index in [4.69, 9.17) is 10.9 Å². The molecule has 0 radical (unpaired) electrons. The quantitative estimate of drug-likeness (QED) is 0.839. The van der Waals surface area contributed by atoms with Gasteiger partial charge >= 0.3 is 0 Å². The number of primary sulfonamides is 1. The number of thiophene rings is 1. The van der Waals surface area contributed by atoms with Crippen molar-refractivity contribution in [2.75, 3.05) is 17.7 Å². The first-order chi connectivity index (χ1) is 8.88. The van der Waals surface area contributed by atoms with Crippen LogP contribution in [0.4, 0.5) is 11.4 Å². The third-order valence-electron chi connectivity index (χ3n) is 2.71. The van der Waals surface area contributed by atoms with Gasteiger partial charge in [0.05, 0.1) is 22.8 Å². The van der Waals surface area contributed by atoms with E-state index < -0.39 is 10.0 Å². The van der Waals surface area contributed by atoms with Crippen LogP contribution < -0.4 is 15.8 Å². The van der Waals surface area contributed by atoms with Gasteiger partial charge in [0, 0.05) is 11.9 Å². The van der Waals surface area contributed by atoms with Crippen molar-refractivity contribution < 1.29 is 8.42 Å². The van der Waals surface area contributed by atoms with Gasteiger partial charge in [-0.05, 0) is 29.6 Å². The van der Waals surface area contributed by atoms with Gasteiger partial charge in [0.15, 0.2) is 0 Å². The zero-order chi connectivity index (χ0) is 14.0. The number of nitrogen functional groups attached to an aromatic ring is 1. The second-order valence-corrected chi connectivity index (χ2v) is 6.79. The van der Waals surface area contributed by atoms with Crippen LogP contribution >= 0.6 is 11.3 Å². The lowest BCUT2D eigenvalue weighted by atomic mass is 10.2. The molecule has 0 bridgehead atoms. The maximum absolute atomic E-state index is 11.4. The highest BCUT2D eigenvalue weighted by Gasteiger charge is 2.13. The van der Waals surface area contributed by atoms with Crippen molar-refractivity contribution in [3.8, 4) is 0 Å². The lowest BCUT2D eigenvalue weighted by Crippen LogP contribution is -2.19. The number of rotatable bonds is 4. The molecular weight excluding hydrogens is 282 g/mol. The van der Waals surface area contributed by atoms with Crippen molar-refractivity contribution in [3.63, 3.8) is 0 Å². The van der Waals surface area contributed by atoms with Crippen LogP contribution in [-0.4, -0.2) is 15.5 Å². The summed E-state index contributed by atoms with van der Waals surface area (Å²) in [5.74, 6) is 0. The molecule has 2 rings (SSSR count). The Morgan fingerprint density at radius 1 is 1.32 bits per heavy atom. The molecule has 0 atom stereocenters. The Labute approximate surface area is 116 Å². The summed E-state index contributed by atoms with van der Waals surface area (Å²) < 4.78 is 22.7. The molecule has 0 aliphatic carbocycles. The van der Waals surface area contributed by atoms with Crippen LogP contribution in [0, 0.1) is 0 Å². The Hall–Kier alpha value is -1.57. The van der Waals surface area contributed by atoms with E-state index in [0.717, 1.165) is 0 Å². The minimum absolute atomic E-state index is 0.0646. The summed E-state index contributed by atoms with van der Waals surface area (Å²) in [7, 11) is -1.86. The monoisotopic (exact) mass is 297 g/mol.